The molecule has 0 spiro atoms. The average molecular weight is 269 g/mol. The van der Waals surface area contributed by atoms with E-state index in [1.165, 1.54) is 6.42 Å². The number of carboxylic acid groups (broad SMARTS) is 1. The number of hydrogen-bond donors (Lipinski definition) is 1. The van der Waals surface area contributed by atoms with Crippen LogP contribution in [-0.4, -0.2) is 47.2 Å². The molecule has 2 aliphatic rings. The van der Waals surface area contributed by atoms with Gasteiger partial charge in [0.2, 0.25) is 0 Å². The second kappa shape index (κ2) is 6.37. The summed E-state index contributed by atoms with van der Waals surface area (Å²) in [5, 5.41) is 8.89. The third-order valence-electron chi connectivity index (χ3n) is 4.10. The molecule has 1 amide bonds. The maximum absolute atomic E-state index is 12.3. The van der Waals surface area contributed by atoms with Crippen molar-refractivity contribution in [1.29, 1.82) is 0 Å². The van der Waals surface area contributed by atoms with Gasteiger partial charge < -0.3 is 14.7 Å². The van der Waals surface area contributed by atoms with Crippen molar-refractivity contribution < 1.29 is 19.4 Å². The van der Waals surface area contributed by atoms with Crippen LogP contribution in [0.3, 0.4) is 0 Å². The zero-order valence-electron chi connectivity index (χ0n) is 11.5. The first-order valence-corrected chi connectivity index (χ1v) is 7.29. The minimum Gasteiger partial charge on any atom is -0.479 e. The number of rotatable bonds is 4. The third-order valence-corrected chi connectivity index (χ3v) is 4.10. The zero-order chi connectivity index (χ0) is 13.8. The fourth-order valence-electron chi connectivity index (χ4n) is 3.11. The number of carbonyl (C=O) groups excluding carboxylic acids is 1. The smallest absolute Gasteiger partial charge is 0.332 e. The van der Waals surface area contributed by atoms with Crippen LogP contribution in [0.1, 0.15) is 45.4 Å². The highest BCUT2D eigenvalue weighted by atomic mass is 16.5. The van der Waals surface area contributed by atoms with Crippen molar-refractivity contribution >= 4 is 11.9 Å². The zero-order valence-corrected chi connectivity index (χ0v) is 11.5. The topological polar surface area (TPSA) is 66.8 Å². The van der Waals surface area contributed by atoms with Gasteiger partial charge in [-0.25, -0.2) is 4.79 Å². The molecule has 0 bridgehead atoms. The molecule has 2 saturated heterocycles. The lowest BCUT2D eigenvalue weighted by Crippen LogP contribution is -2.45. The third kappa shape index (κ3) is 3.47. The van der Waals surface area contributed by atoms with Gasteiger partial charge in [-0.15, -0.1) is 0 Å². The van der Waals surface area contributed by atoms with Crippen LogP contribution in [0.2, 0.25) is 0 Å². The van der Waals surface area contributed by atoms with Crippen molar-refractivity contribution in [3.63, 3.8) is 0 Å². The molecule has 5 heteroatoms. The van der Waals surface area contributed by atoms with Crippen LogP contribution < -0.4 is 0 Å². The summed E-state index contributed by atoms with van der Waals surface area (Å²) >= 11 is 0. The molecule has 0 saturated carbocycles. The van der Waals surface area contributed by atoms with E-state index in [2.05, 4.69) is 6.92 Å². The van der Waals surface area contributed by atoms with Gasteiger partial charge in [0.1, 0.15) is 6.10 Å². The Balaban J connectivity index is 1.87. The number of carbonyl (C=O) groups is 2. The van der Waals surface area contributed by atoms with Crippen LogP contribution in [0.5, 0.6) is 0 Å². The monoisotopic (exact) mass is 269 g/mol. The normalized spacial score (nSPS) is 31.4. The van der Waals surface area contributed by atoms with E-state index in [0.717, 1.165) is 32.4 Å². The van der Waals surface area contributed by atoms with Gasteiger partial charge in [0.15, 0.2) is 6.10 Å². The molecule has 19 heavy (non-hydrogen) atoms. The molecule has 0 aliphatic carbocycles. The first-order valence-electron chi connectivity index (χ1n) is 7.29. The van der Waals surface area contributed by atoms with Crippen LogP contribution in [-0.2, 0) is 14.3 Å². The Labute approximate surface area is 113 Å². The maximum atomic E-state index is 12.3. The standard InChI is InChI=1S/C14H23NO4/c1-2-4-10-5-3-8-15(9-10)13(16)11-6-7-12(19-11)14(17)18/h10-12H,2-9H2,1H3,(H,17,18)/t10?,11-,12+/m0/s1. The summed E-state index contributed by atoms with van der Waals surface area (Å²) in [6.45, 7) is 3.76. The van der Waals surface area contributed by atoms with Crippen molar-refractivity contribution in [3.8, 4) is 0 Å². The van der Waals surface area contributed by atoms with Crippen LogP contribution in [0.4, 0.5) is 0 Å². The van der Waals surface area contributed by atoms with Gasteiger partial charge in [-0.3, -0.25) is 4.79 Å². The van der Waals surface area contributed by atoms with Gasteiger partial charge in [-0.1, -0.05) is 13.3 Å². The number of carboxylic acids is 1. The highest BCUT2D eigenvalue weighted by molar-refractivity contribution is 5.82. The summed E-state index contributed by atoms with van der Waals surface area (Å²) in [5.74, 6) is -0.373. The molecule has 0 aromatic rings. The van der Waals surface area contributed by atoms with Crippen molar-refractivity contribution in [2.75, 3.05) is 13.1 Å². The van der Waals surface area contributed by atoms with Gasteiger partial charge in [0.25, 0.3) is 5.91 Å². The Morgan fingerprint density at radius 2 is 2.00 bits per heavy atom. The van der Waals surface area contributed by atoms with Crippen molar-refractivity contribution in [1.82, 2.24) is 4.90 Å². The quantitative estimate of drug-likeness (QED) is 0.843. The summed E-state index contributed by atoms with van der Waals surface area (Å²) < 4.78 is 5.34. The van der Waals surface area contributed by atoms with E-state index < -0.39 is 18.2 Å². The van der Waals surface area contributed by atoms with E-state index in [1.807, 2.05) is 4.90 Å². The Bertz CT molecular complexity index is 342. The minimum atomic E-state index is -0.960. The molecule has 2 heterocycles. The number of aliphatic carboxylic acids is 1. The summed E-state index contributed by atoms with van der Waals surface area (Å²) in [5.41, 5.74) is 0. The molecular weight excluding hydrogens is 246 g/mol. The minimum absolute atomic E-state index is 0.00967. The lowest BCUT2D eigenvalue weighted by molar-refractivity contribution is -0.155. The van der Waals surface area contributed by atoms with Gasteiger partial charge in [0, 0.05) is 13.1 Å². The van der Waals surface area contributed by atoms with Gasteiger partial charge in [-0.05, 0) is 38.0 Å². The van der Waals surface area contributed by atoms with Crippen molar-refractivity contribution in [2.45, 2.75) is 57.7 Å². The van der Waals surface area contributed by atoms with E-state index in [0.29, 0.717) is 18.8 Å². The Kier molecular flexibility index (Phi) is 4.80. The van der Waals surface area contributed by atoms with E-state index in [1.54, 1.807) is 0 Å². The fraction of sp³-hybridized carbons (Fsp3) is 0.857. The second-order valence-corrected chi connectivity index (χ2v) is 5.61. The first-order chi connectivity index (χ1) is 9.11. The molecule has 5 nitrogen and oxygen atoms in total. The van der Waals surface area contributed by atoms with Crippen LogP contribution in [0.25, 0.3) is 0 Å². The van der Waals surface area contributed by atoms with Gasteiger partial charge >= 0.3 is 5.97 Å². The van der Waals surface area contributed by atoms with E-state index in [4.69, 9.17) is 9.84 Å². The molecule has 2 rings (SSSR count). The van der Waals surface area contributed by atoms with Gasteiger partial charge in [0.05, 0.1) is 0 Å². The molecule has 2 aliphatic heterocycles. The Morgan fingerprint density at radius 1 is 1.26 bits per heavy atom. The molecule has 0 aromatic carbocycles. The molecule has 1 unspecified atom stereocenters. The summed E-state index contributed by atoms with van der Waals surface area (Å²) in [7, 11) is 0. The van der Waals surface area contributed by atoms with E-state index in [-0.39, 0.29) is 5.91 Å². The summed E-state index contributed by atoms with van der Waals surface area (Å²) in [6.07, 6.45) is 4.18. The lowest BCUT2D eigenvalue weighted by Gasteiger charge is -2.34. The number of nitrogens with zero attached hydrogens (tertiary/aromatic N) is 1. The highest BCUT2D eigenvalue weighted by Gasteiger charge is 2.37. The summed E-state index contributed by atoms with van der Waals surface area (Å²) in [6, 6.07) is 0. The van der Waals surface area contributed by atoms with E-state index in [9.17, 15) is 9.59 Å². The lowest BCUT2D eigenvalue weighted by atomic mass is 9.93. The van der Waals surface area contributed by atoms with Gasteiger partial charge in [-0.2, -0.15) is 0 Å². The molecule has 3 atom stereocenters. The molecule has 0 aromatic heterocycles. The van der Waals surface area contributed by atoms with Crippen molar-refractivity contribution in [3.05, 3.63) is 0 Å². The molecule has 1 N–H and O–H groups in total. The number of likely N-dealkylation sites (tertiary alicyclic amines) is 1. The number of amides is 1. The Hall–Kier alpha value is -1.10. The molecular formula is C14H23NO4. The predicted molar refractivity (Wildman–Crippen MR) is 69.7 cm³/mol. The van der Waals surface area contributed by atoms with Crippen LogP contribution >= 0.6 is 0 Å². The SMILES string of the molecule is CCCC1CCCN(C(=O)[C@@H]2CC[C@H](C(=O)O)O2)C1. The largest absolute Gasteiger partial charge is 0.479 e. The highest BCUT2D eigenvalue weighted by Crippen LogP contribution is 2.25. The molecule has 0 radical (unpaired) electrons. The van der Waals surface area contributed by atoms with Crippen LogP contribution in [0, 0.1) is 5.92 Å². The number of hydrogen-bond acceptors (Lipinski definition) is 3. The predicted octanol–water partition coefficient (Wildman–Crippen LogP) is 1.66. The molecule has 108 valence electrons. The van der Waals surface area contributed by atoms with Crippen molar-refractivity contribution in [2.24, 2.45) is 5.92 Å². The maximum Gasteiger partial charge on any atom is 0.332 e. The van der Waals surface area contributed by atoms with E-state index >= 15 is 0 Å². The Morgan fingerprint density at radius 3 is 2.63 bits per heavy atom. The number of piperidine rings is 1. The summed E-state index contributed by atoms with van der Waals surface area (Å²) in [4.78, 5) is 25.0. The second-order valence-electron chi connectivity index (χ2n) is 5.61. The number of ether oxygens (including phenoxy) is 1. The molecule has 2 fully saturated rings. The first kappa shape index (κ1) is 14.3. The average Bonchev–Trinajstić information content (AvgIpc) is 2.88. The van der Waals surface area contributed by atoms with Crippen LogP contribution in [0.15, 0.2) is 0 Å². The fourth-order valence-corrected chi connectivity index (χ4v) is 3.11.